The zero-order chi connectivity index (χ0) is 23.2. The van der Waals surface area contributed by atoms with Gasteiger partial charge in [-0.05, 0) is 42.0 Å². The Morgan fingerprint density at radius 1 is 0.941 bits per heavy atom. The fraction of sp³-hybridized carbons (Fsp3) is 0.321. The number of nitrogens with one attached hydrogen (secondary N) is 1. The van der Waals surface area contributed by atoms with Gasteiger partial charge >= 0.3 is 0 Å². The Labute approximate surface area is 204 Å². The third-order valence-electron chi connectivity index (χ3n) is 6.52. The number of thiophene rings is 1. The molecule has 1 N–H and O–H groups in total. The first-order valence-corrected chi connectivity index (χ1v) is 13.0. The van der Waals surface area contributed by atoms with E-state index in [1.54, 1.807) is 11.3 Å². The molecule has 34 heavy (non-hydrogen) atoms. The van der Waals surface area contributed by atoms with Gasteiger partial charge in [0, 0.05) is 30.9 Å². The highest BCUT2D eigenvalue weighted by atomic mass is 32.1. The van der Waals surface area contributed by atoms with Crippen LogP contribution in [0.2, 0.25) is 0 Å². The second-order valence-corrected chi connectivity index (χ2v) is 9.81. The highest BCUT2D eigenvalue weighted by molar-refractivity contribution is 7.13. The lowest BCUT2D eigenvalue weighted by Crippen LogP contribution is -2.40. The molecule has 0 saturated heterocycles. The number of fused-ring (bicyclic) bond motifs is 1. The maximum atomic E-state index is 12.8. The highest BCUT2D eigenvalue weighted by Gasteiger charge is 2.25. The van der Waals surface area contributed by atoms with Crippen LogP contribution in [-0.4, -0.2) is 28.5 Å². The summed E-state index contributed by atoms with van der Waals surface area (Å²) < 4.78 is 0. The number of aromatic nitrogens is 2. The van der Waals surface area contributed by atoms with Crippen LogP contribution in [0, 0.1) is 0 Å². The van der Waals surface area contributed by atoms with Crippen molar-refractivity contribution in [1.29, 1.82) is 0 Å². The van der Waals surface area contributed by atoms with Crippen LogP contribution in [-0.2, 0) is 11.3 Å². The van der Waals surface area contributed by atoms with Gasteiger partial charge in [0.25, 0.3) is 0 Å². The number of nitrogens with zero attached hydrogens (tertiary/aromatic N) is 3. The Hall–Kier alpha value is -3.25. The Morgan fingerprint density at radius 2 is 1.74 bits per heavy atom. The van der Waals surface area contributed by atoms with Gasteiger partial charge in [0.2, 0.25) is 5.91 Å². The van der Waals surface area contributed by atoms with E-state index in [1.165, 1.54) is 19.3 Å². The molecule has 0 spiro atoms. The summed E-state index contributed by atoms with van der Waals surface area (Å²) in [6, 6.07) is 22.8. The molecule has 0 atom stereocenters. The van der Waals surface area contributed by atoms with Gasteiger partial charge < -0.3 is 10.2 Å². The lowest BCUT2D eigenvalue weighted by Gasteiger charge is -2.36. The Balaban J connectivity index is 1.42. The van der Waals surface area contributed by atoms with Crippen molar-refractivity contribution in [3.05, 3.63) is 77.7 Å². The van der Waals surface area contributed by atoms with Crippen molar-refractivity contribution in [3.63, 3.8) is 0 Å². The monoisotopic (exact) mass is 470 g/mol. The molecule has 0 bridgehead atoms. The van der Waals surface area contributed by atoms with E-state index in [0.717, 1.165) is 45.8 Å². The molecule has 2 aromatic heterocycles. The summed E-state index contributed by atoms with van der Waals surface area (Å²) in [6.45, 7) is 1.21. The van der Waals surface area contributed by atoms with Gasteiger partial charge in [-0.3, -0.25) is 4.79 Å². The number of hydrogen-bond donors (Lipinski definition) is 1. The maximum absolute atomic E-state index is 12.8. The van der Waals surface area contributed by atoms with Crippen LogP contribution < -0.4 is 10.2 Å². The fourth-order valence-electron chi connectivity index (χ4n) is 4.76. The predicted molar refractivity (Wildman–Crippen MR) is 140 cm³/mol. The Kier molecular flexibility index (Phi) is 7.15. The highest BCUT2D eigenvalue weighted by Crippen LogP contribution is 2.33. The lowest BCUT2D eigenvalue weighted by molar-refractivity contribution is -0.121. The van der Waals surface area contributed by atoms with Crippen molar-refractivity contribution in [3.8, 4) is 10.7 Å². The summed E-state index contributed by atoms with van der Waals surface area (Å²) in [5, 5.41) is 6.20. The van der Waals surface area contributed by atoms with Crippen molar-refractivity contribution >= 4 is 34.0 Å². The van der Waals surface area contributed by atoms with Crippen LogP contribution in [0.25, 0.3) is 21.6 Å². The zero-order valence-electron chi connectivity index (χ0n) is 19.3. The fourth-order valence-corrected chi connectivity index (χ4v) is 5.41. The van der Waals surface area contributed by atoms with Crippen LogP contribution in [0.15, 0.2) is 72.1 Å². The number of carbonyl (C=O) groups is 1. The second-order valence-electron chi connectivity index (χ2n) is 8.86. The molecule has 1 amide bonds. The van der Waals surface area contributed by atoms with Crippen molar-refractivity contribution in [2.24, 2.45) is 0 Å². The molecule has 174 valence electrons. The molecule has 0 aliphatic heterocycles. The summed E-state index contributed by atoms with van der Waals surface area (Å²) in [5.41, 5.74) is 2.06. The zero-order valence-corrected chi connectivity index (χ0v) is 20.1. The van der Waals surface area contributed by atoms with Crippen LogP contribution in [0.3, 0.4) is 0 Å². The number of rotatable bonds is 8. The van der Waals surface area contributed by atoms with E-state index in [-0.39, 0.29) is 5.91 Å². The van der Waals surface area contributed by atoms with E-state index in [4.69, 9.17) is 9.97 Å². The molecule has 0 unspecified atom stereocenters. The molecule has 1 aliphatic rings. The lowest BCUT2D eigenvalue weighted by atomic mass is 9.93. The van der Waals surface area contributed by atoms with Crippen LogP contribution in [0.5, 0.6) is 0 Å². The molecule has 2 aromatic carbocycles. The first kappa shape index (κ1) is 22.5. The van der Waals surface area contributed by atoms with Crippen LogP contribution in [0.1, 0.15) is 44.1 Å². The van der Waals surface area contributed by atoms with Gasteiger partial charge in [0.15, 0.2) is 5.82 Å². The number of para-hydroxylation sites is 1. The van der Waals surface area contributed by atoms with E-state index in [9.17, 15) is 4.79 Å². The summed E-state index contributed by atoms with van der Waals surface area (Å²) in [5.74, 6) is 1.79. The molecule has 1 aliphatic carbocycles. The minimum absolute atomic E-state index is 0.0708. The molecule has 6 heteroatoms. The largest absolute Gasteiger partial charge is 0.352 e. The smallest absolute Gasteiger partial charge is 0.222 e. The quantitative estimate of drug-likeness (QED) is 0.333. The standard InChI is InChI=1S/C28H30N4OS/c33-26(29-20-21-10-3-1-4-11-21)17-18-32(22-12-5-2-6-13-22)28-23-14-7-8-15-24(23)30-27(31-28)25-16-9-19-34-25/h1,3-4,7-11,14-16,19,22H,2,5-6,12-13,17-18,20H2,(H,29,33). The average molecular weight is 471 g/mol. The van der Waals surface area contributed by atoms with Gasteiger partial charge in [0.05, 0.1) is 10.4 Å². The van der Waals surface area contributed by atoms with Crippen molar-refractivity contribution < 1.29 is 4.79 Å². The first-order chi connectivity index (χ1) is 16.8. The normalized spacial score (nSPS) is 14.2. The summed E-state index contributed by atoms with van der Waals surface area (Å²) >= 11 is 1.66. The molecule has 1 saturated carbocycles. The third kappa shape index (κ3) is 5.28. The molecule has 5 rings (SSSR count). The molecule has 1 fully saturated rings. The molecule has 5 nitrogen and oxygen atoms in total. The molecular formula is C28H30N4OS. The van der Waals surface area contributed by atoms with Gasteiger partial charge in [-0.2, -0.15) is 0 Å². The Morgan fingerprint density at radius 3 is 2.53 bits per heavy atom. The molecule has 4 aromatic rings. The van der Waals surface area contributed by atoms with E-state index < -0.39 is 0 Å². The van der Waals surface area contributed by atoms with Gasteiger partial charge in [-0.15, -0.1) is 11.3 Å². The van der Waals surface area contributed by atoms with Crippen LogP contribution in [0.4, 0.5) is 5.82 Å². The minimum atomic E-state index is 0.0708. The van der Waals surface area contributed by atoms with E-state index in [2.05, 4.69) is 33.8 Å². The number of benzene rings is 2. The number of carbonyl (C=O) groups excluding carboxylic acids is 1. The third-order valence-corrected chi connectivity index (χ3v) is 7.39. The SMILES string of the molecule is O=C(CCN(c1nc(-c2cccs2)nc2ccccc12)C1CCCCC1)NCc1ccccc1. The van der Waals surface area contributed by atoms with E-state index in [1.807, 2.05) is 48.5 Å². The van der Waals surface area contributed by atoms with Crippen LogP contribution >= 0.6 is 11.3 Å². The summed E-state index contributed by atoms with van der Waals surface area (Å²) in [4.78, 5) is 26.2. The first-order valence-electron chi connectivity index (χ1n) is 12.2. The molecule has 0 radical (unpaired) electrons. The Bertz CT molecular complexity index is 1220. The second kappa shape index (κ2) is 10.8. The number of amides is 1. The summed E-state index contributed by atoms with van der Waals surface area (Å²) in [7, 11) is 0. The topological polar surface area (TPSA) is 58.1 Å². The van der Waals surface area contributed by atoms with Gasteiger partial charge in [0.1, 0.15) is 5.82 Å². The van der Waals surface area contributed by atoms with Crippen molar-refractivity contribution in [2.45, 2.75) is 51.1 Å². The van der Waals surface area contributed by atoms with Crippen molar-refractivity contribution in [1.82, 2.24) is 15.3 Å². The number of hydrogen-bond acceptors (Lipinski definition) is 5. The maximum Gasteiger partial charge on any atom is 0.222 e. The minimum Gasteiger partial charge on any atom is -0.352 e. The predicted octanol–water partition coefficient (Wildman–Crippen LogP) is 6.20. The van der Waals surface area contributed by atoms with E-state index >= 15 is 0 Å². The van der Waals surface area contributed by atoms with E-state index in [0.29, 0.717) is 25.6 Å². The molecular weight excluding hydrogens is 440 g/mol. The average Bonchev–Trinajstić information content (AvgIpc) is 3.44. The van der Waals surface area contributed by atoms with Gasteiger partial charge in [-0.25, -0.2) is 9.97 Å². The van der Waals surface area contributed by atoms with Gasteiger partial charge in [-0.1, -0.05) is 67.8 Å². The van der Waals surface area contributed by atoms with Crippen molar-refractivity contribution in [2.75, 3.05) is 11.4 Å². The number of anilines is 1. The molecule has 2 heterocycles. The summed E-state index contributed by atoms with van der Waals surface area (Å²) in [6.07, 6.45) is 6.45.